The van der Waals surface area contributed by atoms with Crippen molar-refractivity contribution in [2.75, 3.05) is 31.7 Å². The molecule has 4 nitrogen and oxygen atoms in total. The zero-order chi connectivity index (χ0) is 13.6. The summed E-state index contributed by atoms with van der Waals surface area (Å²) in [7, 11) is -2.89. The molecule has 1 rings (SSSR count). The van der Waals surface area contributed by atoms with Gasteiger partial charge < -0.3 is 10.1 Å². The molecular formula is C11H15Br2NO3S. The van der Waals surface area contributed by atoms with Crippen LogP contribution in [-0.4, -0.2) is 40.1 Å². The fourth-order valence-electron chi connectivity index (χ4n) is 1.21. The molecule has 0 radical (unpaired) electrons. The number of sulfone groups is 1. The van der Waals surface area contributed by atoms with Crippen LogP contribution in [0.3, 0.4) is 0 Å². The lowest BCUT2D eigenvalue weighted by atomic mass is 10.3. The molecule has 0 bridgehead atoms. The van der Waals surface area contributed by atoms with E-state index in [-0.39, 0.29) is 5.75 Å². The van der Waals surface area contributed by atoms with Crippen LogP contribution in [0.2, 0.25) is 0 Å². The van der Waals surface area contributed by atoms with Crippen molar-refractivity contribution in [2.24, 2.45) is 0 Å². The van der Waals surface area contributed by atoms with E-state index >= 15 is 0 Å². The largest absolute Gasteiger partial charge is 0.491 e. The molecular weight excluding hydrogens is 386 g/mol. The molecule has 0 amide bonds. The van der Waals surface area contributed by atoms with Crippen LogP contribution in [0.5, 0.6) is 5.75 Å². The Morgan fingerprint density at radius 1 is 1.28 bits per heavy atom. The van der Waals surface area contributed by atoms with Crippen molar-refractivity contribution in [3.05, 3.63) is 27.1 Å². The van der Waals surface area contributed by atoms with Gasteiger partial charge in [-0.15, -0.1) is 0 Å². The number of halogens is 2. The monoisotopic (exact) mass is 399 g/mol. The standard InChI is InChI=1S/C11H15Br2NO3S/c1-18(15,16)7-5-14-4-6-17-11-3-2-9(12)8-10(11)13/h2-3,8,14H,4-7H2,1H3. The number of nitrogens with one attached hydrogen (secondary N) is 1. The van der Waals surface area contributed by atoms with E-state index in [0.29, 0.717) is 19.7 Å². The Labute approximate surface area is 124 Å². The molecule has 18 heavy (non-hydrogen) atoms. The van der Waals surface area contributed by atoms with E-state index in [4.69, 9.17) is 4.74 Å². The van der Waals surface area contributed by atoms with Crippen LogP contribution in [0.1, 0.15) is 0 Å². The van der Waals surface area contributed by atoms with E-state index in [1.54, 1.807) is 0 Å². The fourth-order valence-corrected chi connectivity index (χ4v) is 2.88. The zero-order valence-electron chi connectivity index (χ0n) is 9.95. The second-order valence-corrected chi connectivity index (χ2v) is 7.83. The van der Waals surface area contributed by atoms with E-state index < -0.39 is 9.84 Å². The summed E-state index contributed by atoms with van der Waals surface area (Å²) in [6.07, 6.45) is 1.23. The maximum Gasteiger partial charge on any atom is 0.148 e. The summed E-state index contributed by atoms with van der Waals surface area (Å²) < 4.78 is 29.2. The molecule has 0 fully saturated rings. The Morgan fingerprint density at radius 3 is 2.61 bits per heavy atom. The van der Waals surface area contributed by atoms with E-state index in [1.165, 1.54) is 6.26 Å². The van der Waals surface area contributed by atoms with Crippen LogP contribution in [-0.2, 0) is 9.84 Å². The highest BCUT2D eigenvalue weighted by Crippen LogP contribution is 2.27. The molecule has 0 aromatic heterocycles. The molecule has 0 aliphatic carbocycles. The van der Waals surface area contributed by atoms with Crippen LogP contribution < -0.4 is 10.1 Å². The van der Waals surface area contributed by atoms with Crippen molar-refractivity contribution < 1.29 is 13.2 Å². The average Bonchev–Trinajstić information content (AvgIpc) is 2.24. The second-order valence-electron chi connectivity index (χ2n) is 3.80. The summed E-state index contributed by atoms with van der Waals surface area (Å²) >= 11 is 6.76. The summed E-state index contributed by atoms with van der Waals surface area (Å²) in [5.41, 5.74) is 0. The first-order chi connectivity index (χ1) is 8.38. The number of rotatable bonds is 7. The Bertz CT molecular complexity index is 491. The minimum Gasteiger partial charge on any atom is -0.491 e. The zero-order valence-corrected chi connectivity index (χ0v) is 13.9. The molecule has 0 aliphatic rings. The molecule has 0 atom stereocenters. The van der Waals surface area contributed by atoms with Crippen LogP contribution in [0.15, 0.2) is 27.1 Å². The van der Waals surface area contributed by atoms with Crippen molar-refractivity contribution in [1.29, 1.82) is 0 Å². The molecule has 0 saturated carbocycles. The lowest BCUT2D eigenvalue weighted by Gasteiger charge is -2.09. The van der Waals surface area contributed by atoms with E-state index in [0.717, 1.165) is 14.7 Å². The Balaban J connectivity index is 2.22. The van der Waals surface area contributed by atoms with Crippen LogP contribution in [0.4, 0.5) is 0 Å². The van der Waals surface area contributed by atoms with Gasteiger partial charge in [0.1, 0.15) is 22.2 Å². The van der Waals surface area contributed by atoms with Gasteiger partial charge in [-0.2, -0.15) is 0 Å². The number of hydrogen-bond acceptors (Lipinski definition) is 4. The number of ether oxygens (including phenoxy) is 1. The topological polar surface area (TPSA) is 55.4 Å². The van der Waals surface area contributed by atoms with Gasteiger partial charge in [0.05, 0.1) is 10.2 Å². The minimum atomic E-state index is -2.89. The Kier molecular flexibility index (Phi) is 6.62. The Hall–Kier alpha value is -0.110. The van der Waals surface area contributed by atoms with Gasteiger partial charge in [-0.3, -0.25) is 0 Å². The first kappa shape index (κ1) is 15.9. The highest BCUT2D eigenvalue weighted by molar-refractivity contribution is 9.11. The molecule has 1 N–H and O–H groups in total. The quantitative estimate of drug-likeness (QED) is 0.713. The van der Waals surface area contributed by atoms with Crippen molar-refractivity contribution in [3.63, 3.8) is 0 Å². The molecule has 0 spiro atoms. The minimum absolute atomic E-state index is 0.148. The van der Waals surface area contributed by atoms with Crippen LogP contribution in [0, 0.1) is 0 Å². The molecule has 0 unspecified atom stereocenters. The van der Waals surface area contributed by atoms with Gasteiger partial charge in [0.15, 0.2) is 0 Å². The number of benzene rings is 1. The summed E-state index contributed by atoms with van der Waals surface area (Å²) in [6, 6.07) is 5.67. The Morgan fingerprint density at radius 2 is 2.00 bits per heavy atom. The normalized spacial score (nSPS) is 11.5. The lowest BCUT2D eigenvalue weighted by molar-refractivity contribution is 0.313. The first-order valence-electron chi connectivity index (χ1n) is 5.35. The van der Waals surface area contributed by atoms with Crippen molar-refractivity contribution in [3.8, 4) is 5.75 Å². The van der Waals surface area contributed by atoms with Gasteiger partial charge in [-0.1, -0.05) is 15.9 Å². The van der Waals surface area contributed by atoms with Gasteiger partial charge in [0.2, 0.25) is 0 Å². The molecule has 7 heteroatoms. The molecule has 0 aliphatic heterocycles. The van der Waals surface area contributed by atoms with Crippen molar-refractivity contribution in [2.45, 2.75) is 0 Å². The molecule has 1 aromatic carbocycles. The second kappa shape index (κ2) is 7.47. The van der Waals surface area contributed by atoms with E-state index in [1.807, 2.05) is 18.2 Å². The van der Waals surface area contributed by atoms with Gasteiger partial charge in [-0.25, -0.2) is 8.42 Å². The van der Waals surface area contributed by atoms with Crippen molar-refractivity contribution in [1.82, 2.24) is 5.32 Å². The van der Waals surface area contributed by atoms with E-state index in [9.17, 15) is 8.42 Å². The summed E-state index contributed by atoms with van der Waals surface area (Å²) in [4.78, 5) is 0. The maximum absolute atomic E-state index is 10.9. The van der Waals surface area contributed by atoms with Crippen molar-refractivity contribution >= 4 is 41.7 Å². The van der Waals surface area contributed by atoms with Gasteiger partial charge in [0.25, 0.3) is 0 Å². The third kappa shape index (κ3) is 6.72. The molecule has 0 heterocycles. The predicted octanol–water partition coefficient (Wildman–Crippen LogP) is 2.22. The third-order valence-corrected chi connectivity index (χ3v) is 4.14. The average molecular weight is 401 g/mol. The van der Waals surface area contributed by atoms with Crippen LogP contribution >= 0.6 is 31.9 Å². The fraction of sp³-hybridized carbons (Fsp3) is 0.455. The van der Waals surface area contributed by atoms with E-state index in [2.05, 4.69) is 37.2 Å². The highest BCUT2D eigenvalue weighted by atomic mass is 79.9. The van der Waals surface area contributed by atoms with Gasteiger partial charge >= 0.3 is 0 Å². The summed E-state index contributed by atoms with van der Waals surface area (Å²) in [6.45, 7) is 1.55. The predicted molar refractivity (Wildman–Crippen MR) is 79.9 cm³/mol. The highest BCUT2D eigenvalue weighted by Gasteiger charge is 2.02. The third-order valence-electron chi connectivity index (χ3n) is 2.08. The smallest absolute Gasteiger partial charge is 0.148 e. The molecule has 0 saturated heterocycles. The lowest BCUT2D eigenvalue weighted by Crippen LogP contribution is -2.26. The SMILES string of the molecule is CS(=O)(=O)CCNCCOc1ccc(Br)cc1Br. The summed E-state index contributed by atoms with van der Waals surface area (Å²) in [5.74, 6) is 0.915. The number of hydrogen-bond donors (Lipinski definition) is 1. The molecule has 102 valence electrons. The summed E-state index contributed by atoms with van der Waals surface area (Å²) in [5, 5.41) is 3.01. The van der Waals surface area contributed by atoms with Gasteiger partial charge in [-0.05, 0) is 34.1 Å². The maximum atomic E-state index is 10.9. The first-order valence-corrected chi connectivity index (χ1v) is 8.99. The van der Waals surface area contributed by atoms with Crippen LogP contribution in [0.25, 0.3) is 0 Å². The molecule has 1 aromatic rings. The van der Waals surface area contributed by atoms with Gasteiger partial charge in [0, 0.05) is 23.8 Å².